The van der Waals surface area contributed by atoms with E-state index in [0.717, 1.165) is 0 Å². The number of nitrogens with zero attached hydrogens (tertiary/aromatic N) is 2. The van der Waals surface area contributed by atoms with Gasteiger partial charge in [0.15, 0.2) is 11.6 Å². The van der Waals surface area contributed by atoms with Gasteiger partial charge in [0.25, 0.3) is 0 Å². The number of aryl methyl sites for hydroxylation is 1. The first kappa shape index (κ1) is 21.0. The molecule has 2 aliphatic rings. The summed E-state index contributed by atoms with van der Waals surface area (Å²) in [6, 6.07) is 0. The first-order valence-electron chi connectivity index (χ1n) is 9.89. The first-order chi connectivity index (χ1) is 13.7. The molecule has 8 heteroatoms. The van der Waals surface area contributed by atoms with E-state index in [4.69, 9.17) is 9.63 Å². The highest BCUT2D eigenvalue weighted by Crippen LogP contribution is 2.36. The van der Waals surface area contributed by atoms with Crippen molar-refractivity contribution in [1.29, 1.82) is 0 Å². The fourth-order valence-electron chi connectivity index (χ4n) is 3.95. The van der Waals surface area contributed by atoms with Crippen LogP contribution < -0.4 is 0 Å². The van der Waals surface area contributed by atoms with Crippen LogP contribution in [0.5, 0.6) is 0 Å². The Morgan fingerprint density at radius 3 is 2.62 bits per heavy atom. The summed E-state index contributed by atoms with van der Waals surface area (Å²) in [5, 5.41) is 23.4. The number of allylic oxidation sites excluding steroid dienone is 2. The summed E-state index contributed by atoms with van der Waals surface area (Å²) in [6.45, 7) is 4.08. The number of aliphatic hydroxyl groups is 1. The van der Waals surface area contributed by atoms with Crippen LogP contribution in [0.1, 0.15) is 74.2 Å². The van der Waals surface area contributed by atoms with E-state index in [-0.39, 0.29) is 54.1 Å². The first-order valence-corrected chi connectivity index (χ1v) is 9.89. The van der Waals surface area contributed by atoms with Crippen LogP contribution in [0.25, 0.3) is 0 Å². The summed E-state index contributed by atoms with van der Waals surface area (Å²) in [7, 11) is 0. The minimum atomic E-state index is -0.963. The average molecular weight is 402 g/mol. The molecule has 1 heterocycles. The maximum atomic E-state index is 12.5. The molecule has 0 spiro atoms. The number of hydrogen-bond donors (Lipinski definition) is 2. The summed E-state index contributed by atoms with van der Waals surface area (Å²) in [4.78, 5) is 39.8. The van der Waals surface area contributed by atoms with Gasteiger partial charge in [0.05, 0.1) is 23.3 Å². The Kier molecular flexibility index (Phi) is 6.00. The number of Topliss-reactive ketones (excluding diaryl/α,β-unsaturated/α-hetero) is 2. The van der Waals surface area contributed by atoms with Gasteiger partial charge in [-0.15, -0.1) is 0 Å². The van der Waals surface area contributed by atoms with Crippen LogP contribution in [-0.2, 0) is 22.4 Å². The molecule has 2 aliphatic carbocycles. The molecule has 1 aromatic heterocycles. The van der Waals surface area contributed by atoms with Crippen molar-refractivity contribution in [3.63, 3.8) is 0 Å². The molecule has 2 N–H and O–H groups in total. The zero-order chi connectivity index (χ0) is 21.2. The van der Waals surface area contributed by atoms with Crippen molar-refractivity contribution in [1.82, 2.24) is 5.16 Å². The molecule has 0 aliphatic heterocycles. The molecular formula is C21H26N2O6. The normalized spacial score (nSPS) is 21.9. The Bertz CT molecular complexity index is 906. The standard InChI is InChI=1S/C21H26N2O6/c1-21(2)10-16(26)20-13(23-29-17(20)11-21)6-7-15(25)19-12(4-3-5-14(19)24)22-9-8-18(27)28/h25H,3-11H2,1-2H3,(H,27,28). The van der Waals surface area contributed by atoms with Gasteiger partial charge in [-0.1, -0.05) is 19.0 Å². The number of ketones is 2. The molecule has 0 bridgehead atoms. The third kappa shape index (κ3) is 4.81. The number of aliphatic imine (C=N–C) groups is 1. The quantitative estimate of drug-likeness (QED) is 0.552. The lowest BCUT2D eigenvalue weighted by Crippen LogP contribution is -2.26. The molecule has 156 valence electrons. The van der Waals surface area contributed by atoms with Crippen molar-refractivity contribution in [3.8, 4) is 0 Å². The number of hydrogen-bond acceptors (Lipinski definition) is 7. The zero-order valence-electron chi connectivity index (χ0n) is 16.8. The van der Waals surface area contributed by atoms with Gasteiger partial charge in [0, 0.05) is 44.4 Å². The molecule has 0 aromatic carbocycles. The van der Waals surface area contributed by atoms with Crippen molar-refractivity contribution >= 4 is 23.2 Å². The third-order valence-corrected chi connectivity index (χ3v) is 5.29. The van der Waals surface area contributed by atoms with Gasteiger partial charge in [-0.25, -0.2) is 0 Å². The molecule has 3 rings (SSSR count). The fourth-order valence-corrected chi connectivity index (χ4v) is 3.95. The number of fused-ring (bicyclic) bond motifs is 1. The van der Waals surface area contributed by atoms with E-state index >= 15 is 0 Å². The van der Waals surface area contributed by atoms with Gasteiger partial charge in [0.1, 0.15) is 11.5 Å². The Morgan fingerprint density at radius 1 is 1.14 bits per heavy atom. The van der Waals surface area contributed by atoms with E-state index in [0.29, 0.717) is 54.8 Å². The van der Waals surface area contributed by atoms with Gasteiger partial charge < -0.3 is 14.7 Å². The molecule has 0 atom stereocenters. The molecule has 0 unspecified atom stereocenters. The number of aromatic nitrogens is 1. The SMILES string of the molecule is CC1(C)CC(=O)c2c(CCC(O)=C3C(=O)CCCC3=NCCC(=O)O)noc2C1. The summed E-state index contributed by atoms with van der Waals surface area (Å²) in [6.07, 6.45) is 2.80. The molecule has 1 fully saturated rings. The second-order valence-electron chi connectivity index (χ2n) is 8.44. The highest BCUT2D eigenvalue weighted by atomic mass is 16.5. The van der Waals surface area contributed by atoms with Crippen LogP contribution >= 0.6 is 0 Å². The van der Waals surface area contributed by atoms with Crippen LogP contribution in [0, 0.1) is 5.41 Å². The number of carboxylic acids is 1. The Labute approximate surface area is 168 Å². The maximum Gasteiger partial charge on any atom is 0.305 e. The van der Waals surface area contributed by atoms with E-state index in [1.807, 2.05) is 13.8 Å². The minimum absolute atomic E-state index is 0.00990. The monoisotopic (exact) mass is 402 g/mol. The van der Waals surface area contributed by atoms with Gasteiger partial charge >= 0.3 is 5.97 Å². The van der Waals surface area contributed by atoms with Crippen molar-refractivity contribution in [2.24, 2.45) is 10.4 Å². The lowest BCUT2D eigenvalue weighted by Gasteiger charge is -2.26. The second kappa shape index (κ2) is 8.31. The predicted molar refractivity (Wildman–Crippen MR) is 104 cm³/mol. The molecule has 0 saturated heterocycles. The molecule has 0 radical (unpaired) electrons. The summed E-state index contributed by atoms with van der Waals surface area (Å²) in [5.41, 5.74) is 1.49. The van der Waals surface area contributed by atoms with Gasteiger partial charge in [-0.2, -0.15) is 0 Å². The summed E-state index contributed by atoms with van der Waals surface area (Å²) >= 11 is 0. The van der Waals surface area contributed by atoms with E-state index in [2.05, 4.69) is 10.1 Å². The zero-order valence-corrected chi connectivity index (χ0v) is 16.8. The molecule has 1 saturated carbocycles. The smallest absolute Gasteiger partial charge is 0.305 e. The molecule has 8 nitrogen and oxygen atoms in total. The van der Waals surface area contributed by atoms with Crippen LogP contribution in [0.15, 0.2) is 20.8 Å². The molecule has 0 amide bonds. The molecule has 1 aromatic rings. The average Bonchev–Trinajstić information content (AvgIpc) is 3.01. The number of carboxylic acid groups (broad SMARTS) is 1. The van der Waals surface area contributed by atoms with E-state index in [9.17, 15) is 19.5 Å². The predicted octanol–water partition coefficient (Wildman–Crippen LogP) is 3.24. The fraction of sp³-hybridized carbons (Fsp3) is 0.571. The highest BCUT2D eigenvalue weighted by Gasteiger charge is 2.36. The largest absolute Gasteiger partial charge is 0.511 e. The Balaban J connectivity index is 1.78. The van der Waals surface area contributed by atoms with Crippen molar-refractivity contribution in [2.75, 3.05) is 6.54 Å². The topological polar surface area (TPSA) is 130 Å². The lowest BCUT2D eigenvalue weighted by molar-refractivity contribution is -0.136. The van der Waals surface area contributed by atoms with Crippen LogP contribution in [0.3, 0.4) is 0 Å². The van der Waals surface area contributed by atoms with E-state index in [1.54, 1.807) is 0 Å². The van der Waals surface area contributed by atoms with Crippen LogP contribution in [0.4, 0.5) is 0 Å². The Hall–Kier alpha value is -2.77. The number of carbonyl (C=O) groups excluding carboxylic acids is 2. The maximum absolute atomic E-state index is 12.5. The van der Waals surface area contributed by atoms with Crippen molar-refractivity contribution in [3.05, 3.63) is 28.3 Å². The van der Waals surface area contributed by atoms with Gasteiger partial charge in [0.2, 0.25) is 0 Å². The third-order valence-electron chi connectivity index (χ3n) is 5.29. The van der Waals surface area contributed by atoms with Gasteiger partial charge in [-0.05, 0) is 18.3 Å². The van der Waals surface area contributed by atoms with Crippen molar-refractivity contribution < 1.29 is 29.1 Å². The minimum Gasteiger partial charge on any atom is -0.511 e. The number of carbonyl (C=O) groups is 3. The van der Waals surface area contributed by atoms with E-state index < -0.39 is 5.97 Å². The number of rotatable bonds is 6. The molecular weight excluding hydrogens is 376 g/mol. The van der Waals surface area contributed by atoms with Crippen molar-refractivity contribution in [2.45, 2.75) is 65.2 Å². The molecule has 29 heavy (non-hydrogen) atoms. The summed E-state index contributed by atoms with van der Waals surface area (Å²) < 4.78 is 5.37. The lowest BCUT2D eigenvalue weighted by atomic mass is 9.76. The van der Waals surface area contributed by atoms with Crippen LogP contribution in [-0.4, -0.2) is 45.2 Å². The van der Waals surface area contributed by atoms with E-state index in [1.165, 1.54) is 0 Å². The van der Waals surface area contributed by atoms with Gasteiger partial charge in [-0.3, -0.25) is 19.4 Å². The Morgan fingerprint density at radius 2 is 1.90 bits per heavy atom. The number of aliphatic carboxylic acids is 1. The summed E-state index contributed by atoms with van der Waals surface area (Å²) in [5.74, 6) is -0.677. The number of aliphatic hydroxyl groups excluding tert-OH is 1. The van der Waals surface area contributed by atoms with Crippen LogP contribution in [0.2, 0.25) is 0 Å². The highest BCUT2D eigenvalue weighted by molar-refractivity contribution is 6.24. The second-order valence-corrected chi connectivity index (χ2v) is 8.44.